The molecule has 0 aliphatic carbocycles. The van der Waals surface area contributed by atoms with Gasteiger partial charge < -0.3 is 19.9 Å². The standard InChI is InChI=1S/C26H35N3O3S/c1-20(18-28-13-7-3-8-14-28)27-26(31)25-22(17-23(33-25)21-11-5-2-6-12-21)32-19-24(30)29-15-9-4-10-16-29/h2,5-6,11-12,17,20H,3-4,7-10,13-16,18-19H2,1H3,(H,27,31). The maximum Gasteiger partial charge on any atom is 0.265 e. The van der Waals surface area contributed by atoms with Crippen molar-refractivity contribution in [2.75, 3.05) is 39.3 Å². The number of carbonyl (C=O) groups is 2. The number of likely N-dealkylation sites (tertiary alicyclic amines) is 2. The van der Waals surface area contributed by atoms with E-state index in [2.05, 4.69) is 17.1 Å². The van der Waals surface area contributed by atoms with Crippen LogP contribution in [0.25, 0.3) is 10.4 Å². The predicted octanol–water partition coefficient (Wildman–Crippen LogP) is 4.41. The Bertz CT molecular complexity index is 918. The quantitative estimate of drug-likeness (QED) is 0.622. The Labute approximate surface area is 200 Å². The highest BCUT2D eigenvalue weighted by atomic mass is 32.1. The van der Waals surface area contributed by atoms with Crippen molar-refractivity contribution in [2.24, 2.45) is 0 Å². The molecule has 2 amide bonds. The third-order valence-electron chi connectivity index (χ3n) is 6.38. The lowest BCUT2D eigenvalue weighted by atomic mass is 10.1. The number of benzene rings is 1. The number of thiophene rings is 1. The van der Waals surface area contributed by atoms with E-state index >= 15 is 0 Å². The van der Waals surface area contributed by atoms with Gasteiger partial charge in [-0.05, 0) is 63.7 Å². The van der Waals surface area contributed by atoms with E-state index in [1.54, 1.807) is 0 Å². The summed E-state index contributed by atoms with van der Waals surface area (Å²) in [5.74, 6) is 0.353. The number of amides is 2. The topological polar surface area (TPSA) is 61.9 Å². The Hall–Kier alpha value is -2.38. The van der Waals surface area contributed by atoms with E-state index in [1.165, 1.54) is 37.0 Å². The molecule has 3 heterocycles. The molecule has 6 nitrogen and oxygen atoms in total. The first-order valence-electron chi connectivity index (χ1n) is 12.2. The van der Waals surface area contributed by atoms with Crippen LogP contribution in [-0.4, -0.2) is 67.0 Å². The largest absolute Gasteiger partial charge is 0.482 e. The maximum absolute atomic E-state index is 13.2. The molecular weight excluding hydrogens is 434 g/mol. The average Bonchev–Trinajstić information content (AvgIpc) is 3.29. The van der Waals surface area contributed by atoms with Crippen LogP contribution in [0.5, 0.6) is 5.75 Å². The molecule has 178 valence electrons. The molecule has 0 saturated carbocycles. The van der Waals surface area contributed by atoms with Gasteiger partial charge in [0.2, 0.25) is 0 Å². The molecule has 4 rings (SSSR count). The number of hydrogen-bond acceptors (Lipinski definition) is 5. The Morgan fingerprint density at radius 2 is 1.67 bits per heavy atom. The van der Waals surface area contributed by atoms with E-state index in [-0.39, 0.29) is 24.5 Å². The Kier molecular flexibility index (Phi) is 8.40. The maximum atomic E-state index is 13.2. The Morgan fingerprint density at radius 3 is 2.36 bits per heavy atom. The van der Waals surface area contributed by atoms with E-state index in [4.69, 9.17) is 4.74 Å². The molecule has 2 saturated heterocycles. The molecular formula is C26H35N3O3S. The fraction of sp³-hybridized carbons (Fsp3) is 0.538. The highest BCUT2D eigenvalue weighted by Gasteiger charge is 2.23. The number of nitrogens with zero attached hydrogens (tertiary/aromatic N) is 2. The minimum atomic E-state index is -0.132. The van der Waals surface area contributed by atoms with Crippen LogP contribution in [0.15, 0.2) is 36.4 Å². The van der Waals surface area contributed by atoms with Gasteiger partial charge in [0.15, 0.2) is 6.61 Å². The van der Waals surface area contributed by atoms with Crippen molar-refractivity contribution in [1.82, 2.24) is 15.1 Å². The number of nitrogens with one attached hydrogen (secondary N) is 1. The van der Waals surface area contributed by atoms with Crippen LogP contribution >= 0.6 is 11.3 Å². The van der Waals surface area contributed by atoms with Crippen molar-refractivity contribution in [3.05, 3.63) is 41.3 Å². The van der Waals surface area contributed by atoms with Crippen molar-refractivity contribution < 1.29 is 14.3 Å². The summed E-state index contributed by atoms with van der Waals surface area (Å²) in [6.45, 7) is 6.67. The molecule has 7 heteroatoms. The van der Waals surface area contributed by atoms with Crippen LogP contribution in [0.3, 0.4) is 0 Å². The zero-order valence-electron chi connectivity index (χ0n) is 19.6. The third kappa shape index (κ3) is 6.58. The van der Waals surface area contributed by atoms with Crippen molar-refractivity contribution >= 4 is 23.2 Å². The number of rotatable bonds is 8. The lowest BCUT2D eigenvalue weighted by Crippen LogP contribution is -2.43. The summed E-state index contributed by atoms with van der Waals surface area (Å²) in [6.07, 6.45) is 7.03. The van der Waals surface area contributed by atoms with Gasteiger partial charge in [-0.2, -0.15) is 0 Å². The summed E-state index contributed by atoms with van der Waals surface area (Å²) < 4.78 is 5.95. The zero-order valence-corrected chi connectivity index (χ0v) is 20.4. The molecule has 1 unspecified atom stereocenters. The molecule has 1 aromatic heterocycles. The molecule has 1 N–H and O–H groups in total. The normalized spacial score (nSPS) is 18.0. The zero-order chi connectivity index (χ0) is 23.0. The van der Waals surface area contributed by atoms with Crippen LogP contribution in [-0.2, 0) is 4.79 Å². The van der Waals surface area contributed by atoms with Crippen molar-refractivity contribution in [3.8, 4) is 16.2 Å². The Morgan fingerprint density at radius 1 is 1.00 bits per heavy atom. The van der Waals surface area contributed by atoms with E-state index in [9.17, 15) is 9.59 Å². The summed E-state index contributed by atoms with van der Waals surface area (Å²) in [4.78, 5) is 31.6. The molecule has 0 spiro atoms. The van der Waals surface area contributed by atoms with Crippen molar-refractivity contribution in [2.45, 2.75) is 51.5 Å². The van der Waals surface area contributed by atoms with E-state index in [1.807, 2.05) is 41.3 Å². The predicted molar refractivity (Wildman–Crippen MR) is 133 cm³/mol. The van der Waals surface area contributed by atoms with Gasteiger partial charge in [-0.3, -0.25) is 9.59 Å². The highest BCUT2D eigenvalue weighted by molar-refractivity contribution is 7.17. The van der Waals surface area contributed by atoms with Gasteiger partial charge in [-0.1, -0.05) is 36.8 Å². The van der Waals surface area contributed by atoms with Crippen LogP contribution in [0.1, 0.15) is 55.1 Å². The van der Waals surface area contributed by atoms with Gasteiger partial charge in [-0.25, -0.2) is 0 Å². The summed E-state index contributed by atoms with van der Waals surface area (Å²) in [5, 5.41) is 3.15. The SMILES string of the molecule is CC(CN1CCCCC1)NC(=O)c1sc(-c2ccccc2)cc1OCC(=O)N1CCCCC1. The fourth-order valence-corrected chi connectivity index (χ4v) is 5.63. The first-order valence-corrected chi connectivity index (χ1v) is 13.0. The van der Waals surface area contributed by atoms with Crippen LogP contribution < -0.4 is 10.1 Å². The minimum Gasteiger partial charge on any atom is -0.482 e. The number of carbonyl (C=O) groups excluding carboxylic acids is 2. The Balaban J connectivity index is 1.45. The van der Waals surface area contributed by atoms with Gasteiger partial charge in [0.1, 0.15) is 10.6 Å². The molecule has 1 atom stereocenters. The minimum absolute atomic E-state index is 0.00742. The van der Waals surface area contributed by atoms with Crippen LogP contribution in [0, 0.1) is 0 Å². The van der Waals surface area contributed by atoms with Gasteiger partial charge in [0.05, 0.1) is 0 Å². The van der Waals surface area contributed by atoms with Crippen LogP contribution in [0.4, 0.5) is 0 Å². The third-order valence-corrected chi connectivity index (χ3v) is 7.54. The number of piperidine rings is 2. The molecule has 2 aliphatic rings. The summed E-state index contributed by atoms with van der Waals surface area (Å²) in [7, 11) is 0. The molecule has 0 bridgehead atoms. The summed E-state index contributed by atoms with van der Waals surface area (Å²) in [5.41, 5.74) is 1.04. The molecule has 0 radical (unpaired) electrons. The molecule has 2 fully saturated rings. The van der Waals surface area contributed by atoms with Crippen molar-refractivity contribution in [3.63, 3.8) is 0 Å². The second kappa shape index (κ2) is 11.7. The second-order valence-electron chi connectivity index (χ2n) is 9.14. The van der Waals surface area contributed by atoms with Gasteiger partial charge >= 0.3 is 0 Å². The van der Waals surface area contributed by atoms with Crippen LogP contribution in [0.2, 0.25) is 0 Å². The number of ether oxygens (including phenoxy) is 1. The smallest absolute Gasteiger partial charge is 0.265 e. The van der Waals surface area contributed by atoms with Crippen molar-refractivity contribution in [1.29, 1.82) is 0 Å². The lowest BCUT2D eigenvalue weighted by Gasteiger charge is -2.29. The van der Waals surface area contributed by atoms with Gasteiger partial charge in [0, 0.05) is 30.6 Å². The molecule has 2 aromatic rings. The van der Waals surface area contributed by atoms with Gasteiger partial charge in [0.25, 0.3) is 11.8 Å². The van der Waals surface area contributed by atoms with E-state index < -0.39 is 0 Å². The van der Waals surface area contributed by atoms with E-state index in [0.717, 1.165) is 56.0 Å². The summed E-state index contributed by atoms with van der Waals surface area (Å²) in [6, 6.07) is 11.9. The molecule has 1 aromatic carbocycles. The second-order valence-corrected chi connectivity index (χ2v) is 10.2. The molecule has 2 aliphatic heterocycles. The average molecular weight is 470 g/mol. The number of hydrogen-bond donors (Lipinski definition) is 1. The molecule has 33 heavy (non-hydrogen) atoms. The first-order chi connectivity index (χ1) is 16.1. The van der Waals surface area contributed by atoms with E-state index in [0.29, 0.717) is 10.6 Å². The fourth-order valence-electron chi connectivity index (χ4n) is 4.62. The first kappa shape index (κ1) is 23.8. The lowest BCUT2D eigenvalue weighted by molar-refractivity contribution is -0.134. The highest BCUT2D eigenvalue weighted by Crippen LogP contribution is 2.36. The summed E-state index contributed by atoms with van der Waals surface area (Å²) >= 11 is 1.42. The monoisotopic (exact) mass is 469 g/mol. The van der Waals surface area contributed by atoms with Gasteiger partial charge in [-0.15, -0.1) is 11.3 Å².